The van der Waals surface area contributed by atoms with Crippen molar-refractivity contribution in [2.75, 3.05) is 13.7 Å². The van der Waals surface area contributed by atoms with E-state index in [4.69, 9.17) is 4.74 Å². The van der Waals surface area contributed by atoms with Gasteiger partial charge in [-0.05, 0) is 36.1 Å². The second kappa shape index (κ2) is 11.9. The summed E-state index contributed by atoms with van der Waals surface area (Å²) in [7, 11) is 1.62. The number of benzene rings is 2. The van der Waals surface area contributed by atoms with Crippen LogP contribution in [0.25, 0.3) is 0 Å². The van der Waals surface area contributed by atoms with Gasteiger partial charge in [-0.2, -0.15) is 0 Å². The minimum atomic E-state index is -0.561. The lowest BCUT2D eigenvalue weighted by Gasteiger charge is -2.31. The fourth-order valence-electron chi connectivity index (χ4n) is 3.24. The monoisotopic (exact) mass is 396 g/mol. The van der Waals surface area contributed by atoms with Crippen molar-refractivity contribution in [2.24, 2.45) is 0 Å². The maximum atomic E-state index is 13.0. The summed E-state index contributed by atoms with van der Waals surface area (Å²) in [5.74, 6) is 0.617. The van der Waals surface area contributed by atoms with E-state index in [-0.39, 0.29) is 11.8 Å². The van der Waals surface area contributed by atoms with Gasteiger partial charge in [-0.25, -0.2) is 0 Å². The highest BCUT2D eigenvalue weighted by atomic mass is 16.5. The number of ether oxygens (including phenoxy) is 1. The van der Waals surface area contributed by atoms with Crippen LogP contribution in [-0.2, 0) is 22.6 Å². The molecule has 2 aromatic rings. The predicted molar refractivity (Wildman–Crippen MR) is 116 cm³/mol. The standard InChI is InChI=1S/C24H32N2O3/c1-4-10-23(27)26(18-20-13-9-14-21(16-20)29-3)22(24(28)25-15-5-2)17-19-11-7-6-8-12-19/h6-9,11-14,16,22H,4-5,10,15,17-18H2,1-3H3,(H,25,28)/t22-/m1/s1. The Morgan fingerprint density at radius 3 is 2.38 bits per heavy atom. The van der Waals surface area contributed by atoms with Crippen LogP contribution in [0.1, 0.15) is 44.2 Å². The molecule has 2 amide bonds. The largest absolute Gasteiger partial charge is 0.497 e. The Morgan fingerprint density at radius 2 is 1.72 bits per heavy atom. The van der Waals surface area contributed by atoms with Gasteiger partial charge < -0.3 is 15.0 Å². The molecule has 2 rings (SSSR count). The Labute approximate surface area is 174 Å². The minimum absolute atomic E-state index is 0.0112. The van der Waals surface area contributed by atoms with Gasteiger partial charge in [-0.15, -0.1) is 0 Å². The first-order valence-electron chi connectivity index (χ1n) is 10.3. The van der Waals surface area contributed by atoms with Gasteiger partial charge in [-0.1, -0.05) is 56.3 Å². The highest BCUT2D eigenvalue weighted by molar-refractivity contribution is 5.88. The Hall–Kier alpha value is -2.82. The molecule has 0 aromatic heterocycles. The van der Waals surface area contributed by atoms with Gasteiger partial charge in [0.15, 0.2) is 0 Å². The number of amides is 2. The molecule has 5 heteroatoms. The van der Waals surface area contributed by atoms with Crippen molar-refractivity contribution in [3.05, 3.63) is 65.7 Å². The van der Waals surface area contributed by atoms with Crippen LogP contribution in [0.2, 0.25) is 0 Å². The molecule has 0 aliphatic heterocycles. The molecule has 0 heterocycles. The lowest BCUT2D eigenvalue weighted by Crippen LogP contribution is -2.50. The molecule has 1 N–H and O–H groups in total. The van der Waals surface area contributed by atoms with Crippen molar-refractivity contribution in [1.82, 2.24) is 10.2 Å². The molecule has 0 bridgehead atoms. The van der Waals surface area contributed by atoms with E-state index in [1.165, 1.54) is 0 Å². The molecule has 1 atom stereocenters. The zero-order valence-electron chi connectivity index (χ0n) is 17.7. The third kappa shape index (κ3) is 6.93. The van der Waals surface area contributed by atoms with Gasteiger partial charge in [0.1, 0.15) is 11.8 Å². The second-order valence-electron chi connectivity index (χ2n) is 7.12. The van der Waals surface area contributed by atoms with Crippen molar-refractivity contribution < 1.29 is 14.3 Å². The Bertz CT molecular complexity index is 777. The van der Waals surface area contributed by atoms with E-state index >= 15 is 0 Å². The molecule has 0 unspecified atom stereocenters. The molecule has 0 saturated heterocycles. The molecule has 0 fully saturated rings. The summed E-state index contributed by atoms with van der Waals surface area (Å²) >= 11 is 0. The highest BCUT2D eigenvalue weighted by Crippen LogP contribution is 2.19. The summed E-state index contributed by atoms with van der Waals surface area (Å²) in [4.78, 5) is 27.8. The van der Waals surface area contributed by atoms with Gasteiger partial charge in [0.25, 0.3) is 0 Å². The SMILES string of the molecule is CCCNC(=O)[C@@H](Cc1ccccc1)N(Cc1cccc(OC)c1)C(=O)CCC. The third-order valence-electron chi connectivity index (χ3n) is 4.77. The minimum Gasteiger partial charge on any atom is -0.497 e. The fraction of sp³-hybridized carbons (Fsp3) is 0.417. The number of hydrogen-bond donors (Lipinski definition) is 1. The topological polar surface area (TPSA) is 58.6 Å². The molecular weight excluding hydrogens is 364 g/mol. The third-order valence-corrected chi connectivity index (χ3v) is 4.77. The van der Waals surface area contributed by atoms with Crippen LogP contribution in [-0.4, -0.2) is 36.4 Å². The molecule has 5 nitrogen and oxygen atoms in total. The Kier molecular flexibility index (Phi) is 9.22. The smallest absolute Gasteiger partial charge is 0.243 e. The van der Waals surface area contributed by atoms with E-state index in [9.17, 15) is 9.59 Å². The quantitative estimate of drug-likeness (QED) is 0.625. The predicted octanol–water partition coefficient (Wildman–Crippen LogP) is 3.96. The fourth-order valence-corrected chi connectivity index (χ4v) is 3.24. The van der Waals surface area contributed by atoms with Crippen molar-refractivity contribution in [3.63, 3.8) is 0 Å². The van der Waals surface area contributed by atoms with Crippen LogP contribution >= 0.6 is 0 Å². The average molecular weight is 397 g/mol. The summed E-state index contributed by atoms with van der Waals surface area (Å²) in [6.07, 6.45) is 2.48. The molecule has 0 saturated carbocycles. The van der Waals surface area contributed by atoms with Gasteiger partial charge in [0.05, 0.1) is 7.11 Å². The zero-order chi connectivity index (χ0) is 21.1. The summed E-state index contributed by atoms with van der Waals surface area (Å²) in [5.41, 5.74) is 1.97. The van der Waals surface area contributed by atoms with Gasteiger partial charge >= 0.3 is 0 Å². The second-order valence-corrected chi connectivity index (χ2v) is 7.12. The molecule has 0 aliphatic carbocycles. The Morgan fingerprint density at radius 1 is 1.00 bits per heavy atom. The molecule has 0 aliphatic rings. The van der Waals surface area contributed by atoms with Crippen LogP contribution in [0.15, 0.2) is 54.6 Å². The van der Waals surface area contributed by atoms with Crippen LogP contribution in [0.3, 0.4) is 0 Å². The van der Waals surface area contributed by atoms with E-state index in [2.05, 4.69) is 5.32 Å². The van der Waals surface area contributed by atoms with Crippen LogP contribution in [0.4, 0.5) is 0 Å². The molecule has 0 spiro atoms. The van der Waals surface area contributed by atoms with E-state index in [1.54, 1.807) is 12.0 Å². The average Bonchev–Trinajstić information content (AvgIpc) is 2.75. The molecule has 29 heavy (non-hydrogen) atoms. The molecular formula is C24H32N2O3. The highest BCUT2D eigenvalue weighted by Gasteiger charge is 2.29. The van der Waals surface area contributed by atoms with E-state index in [1.807, 2.05) is 68.4 Å². The van der Waals surface area contributed by atoms with Gasteiger partial charge in [0, 0.05) is 25.9 Å². The number of rotatable bonds is 11. The number of hydrogen-bond acceptors (Lipinski definition) is 3. The van der Waals surface area contributed by atoms with Crippen LogP contribution in [0, 0.1) is 0 Å². The first-order valence-corrected chi connectivity index (χ1v) is 10.3. The summed E-state index contributed by atoms with van der Waals surface area (Å²) < 4.78 is 5.32. The number of carbonyl (C=O) groups excluding carboxylic acids is 2. The number of carbonyl (C=O) groups is 2. The molecule has 156 valence electrons. The van der Waals surface area contributed by atoms with Crippen LogP contribution < -0.4 is 10.1 Å². The van der Waals surface area contributed by atoms with Crippen LogP contribution in [0.5, 0.6) is 5.75 Å². The number of nitrogens with zero attached hydrogens (tertiary/aromatic N) is 1. The summed E-state index contributed by atoms with van der Waals surface area (Å²) in [5, 5.41) is 2.98. The van der Waals surface area contributed by atoms with Gasteiger partial charge in [-0.3, -0.25) is 9.59 Å². The maximum absolute atomic E-state index is 13.0. The first kappa shape index (κ1) is 22.5. The molecule has 2 aromatic carbocycles. The zero-order valence-corrected chi connectivity index (χ0v) is 17.7. The van der Waals surface area contributed by atoms with E-state index in [0.717, 1.165) is 29.7 Å². The molecule has 0 radical (unpaired) electrons. The van der Waals surface area contributed by atoms with E-state index < -0.39 is 6.04 Å². The van der Waals surface area contributed by atoms with E-state index in [0.29, 0.717) is 25.9 Å². The lowest BCUT2D eigenvalue weighted by atomic mass is 10.0. The Balaban J connectivity index is 2.35. The van der Waals surface area contributed by atoms with Crippen molar-refractivity contribution >= 4 is 11.8 Å². The van der Waals surface area contributed by atoms with Crippen molar-refractivity contribution in [2.45, 2.75) is 52.1 Å². The number of nitrogens with one attached hydrogen (secondary N) is 1. The normalized spacial score (nSPS) is 11.6. The summed E-state index contributed by atoms with van der Waals surface area (Å²) in [6, 6.07) is 16.9. The number of methoxy groups -OCH3 is 1. The van der Waals surface area contributed by atoms with Gasteiger partial charge in [0.2, 0.25) is 11.8 Å². The maximum Gasteiger partial charge on any atom is 0.243 e. The lowest BCUT2D eigenvalue weighted by molar-refractivity contribution is -0.141. The summed E-state index contributed by atoms with van der Waals surface area (Å²) in [6.45, 7) is 4.96. The first-order chi connectivity index (χ1) is 14.1. The van der Waals surface area contributed by atoms with Crippen molar-refractivity contribution in [3.8, 4) is 5.75 Å². The van der Waals surface area contributed by atoms with Crippen molar-refractivity contribution in [1.29, 1.82) is 0 Å².